The van der Waals surface area contributed by atoms with E-state index in [1.807, 2.05) is 41.2 Å². The van der Waals surface area contributed by atoms with E-state index in [0.29, 0.717) is 12.1 Å². The van der Waals surface area contributed by atoms with Gasteiger partial charge in [-0.25, -0.2) is 0 Å². The summed E-state index contributed by atoms with van der Waals surface area (Å²) in [4.78, 5) is 15.8. The summed E-state index contributed by atoms with van der Waals surface area (Å²) in [5.74, 6) is -0.0242. The molecular formula is C26H32N4O. The van der Waals surface area contributed by atoms with E-state index in [0.717, 1.165) is 49.3 Å². The van der Waals surface area contributed by atoms with E-state index in [4.69, 9.17) is 5.10 Å². The zero-order chi connectivity index (χ0) is 21.6. The molecule has 2 heterocycles. The maximum atomic E-state index is 13.3. The highest BCUT2D eigenvalue weighted by molar-refractivity contribution is 6.00. The molecule has 0 bridgehead atoms. The number of carbonyl (C=O) groups is 1. The van der Waals surface area contributed by atoms with Gasteiger partial charge in [-0.3, -0.25) is 9.48 Å². The maximum Gasteiger partial charge on any atom is 0.255 e. The molecule has 0 unspecified atom stereocenters. The number of rotatable bonds is 7. The van der Waals surface area contributed by atoms with E-state index >= 15 is 0 Å². The lowest BCUT2D eigenvalue weighted by atomic mass is 10.0. The molecule has 0 saturated carbocycles. The van der Waals surface area contributed by atoms with Gasteiger partial charge in [-0.2, -0.15) is 5.10 Å². The number of aryl methyl sites for hydroxylation is 1. The zero-order valence-electron chi connectivity index (χ0n) is 18.6. The average Bonchev–Trinajstić information content (AvgIpc) is 3.20. The Morgan fingerprint density at radius 3 is 2.45 bits per heavy atom. The largest absolute Gasteiger partial charge is 0.349 e. The third-order valence-corrected chi connectivity index (χ3v) is 5.98. The molecule has 1 aliphatic rings. The molecule has 1 N–H and O–H groups in total. The molecular weight excluding hydrogens is 384 g/mol. The number of aromatic nitrogens is 2. The fourth-order valence-corrected chi connectivity index (χ4v) is 4.24. The highest BCUT2D eigenvalue weighted by Crippen LogP contribution is 2.24. The number of amides is 1. The number of piperidine rings is 1. The second kappa shape index (κ2) is 9.92. The van der Waals surface area contributed by atoms with Crippen LogP contribution in [0.2, 0.25) is 0 Å². The summed E-state index contributed by atoms with van der Waals surface area (Å²) in [5.41, 5.74) is 4.72. The molecule has 2 aromatic carbocycles. The van der Waals surface area contributed by atoms with Crippen molar-refractivity contribution in [3.05, 3.63) is 77.5 Å². The van der Waals surface area contributed by atoms with Crippen molar-refractivity contribution in [2.75, 3.05) is 19.6 Å². The van der Waals surface area contributed by atoms with Gasteiger partial charge in [0.15, 0.2) is 0 Å². The lowest BCUT2D eigenvalue weighted by Crippen LogP contribution is -2.44. The molecule has 31 heavy (non-hydrogen) atoms. The Bertz CT molecular complexity index is 986. The van der Waals surface area contributed by atoms with E-state index in [2.05, 4.69) is 48.3 Å². The monoisotopic (exact) mass is 416 g/mol. The second-order valence-corrected chi connectivity index (χ2v) is 8.53. The first-order valence-electron chi connectivity index (χ1n) is 11.3. The minimum Gasteiger partial charge on any atom is -0.349 e. The van der Waals surface area contributed by atoms with Gasteiger partial charge in [-0.05, 0) is 38.3 Å². The van der Waals surface area contributed by atoms with E-state index in [1.54, 1.807) is 0 Å². The van der Waals surface area contributed by atoms with E-state index in [9.17, 15) is 4.79 Å². The summed E-state index contributed by atoms with van der Waals surface area (Å²) < 4.78 is 1.88. The van der Waals surface area contributed by atoms with Crippen molar-refractivity contribution in [2.24, 2.45) is 0 Å². The number of carbonyl (C=O) groups excluding carboxylic acids is 1. The Balaban J connectivity index is 1.54. The molecule has 3 aromatic rings. The fraction of sp³-hybridized carbons (Fsp3) is 0.385. The van der Waals surface area contributed by atoms with Crippen molar-refractivity contribution < 1.29 is 4.79 Å². The Kier molecular flexibility index (Phi) is 6.82. The molecule has 0 radical (unpaired) electrons. The van der Waals surface area contributed by atoms with Crippen molar-refractivity contribution >= 4 is 5.91 Å². The van der Waals surface area contributed by atoms with E-state index in [1.165, 1.54) is 12.0 Å². The van der Waals surface area contributed by atoms with Gasteiger partial charge in [0.25, 0.3) is 5.91 Å². The van der Waals surface area contributed by atoms with Gasteiger partial charge in [-0.15, -0.1) is 0 Å². The molecule has 162 valence electrons. The van der Waals surface area contributed by atoms with Gasteiger partial charge in [0, 0.05) is 30.9 Å². The molecule has 0 aliphatic carbocycles. The van der Waals surface area contributed by atoms with Crippen LogP contribution >= 0.6 is 0 Å². The minimum absolute atomic E-state index is 0.0242. The Hall–Kier alpha value is -2.92. The van der Waals surface area contributed by atoms with E-state index in [-0.39, 0.29) is 11.9 Å². The highest BCUT2D eigenvalue weighted by Gasteiger charge is 2.24. The number of hydrogen-bond donors (Lipinski definition) is 1. The van der Waals surface area contributed by atoms with Gasteiger partial charge in [0.1, 0.15) is 5.69 Å². The molecule has 4 rings (SSSR count). The zero-order valence-corrected chi connectivity index (χ0v) is 18.6. The molecule has 1 aromatic heterocycles. The summed E-state index contributed by atoms with van der Waals surface area (Å²) in [6, 6.07) is 18.7. The topological polar surface area (TPSA) is 50.2 Å². The molecule has 0 atom stereocenters. The van der Waals surface area contributed by atoms with Crippen LogP contribution in [-0.2, 0) is 6.54 Å². The first-order valence-corrected chi connectivity index (χ1v) is 11.3. The van der Waals surface area contributed by atoms with Gasteiger partial charge < -0.3 is 10.2 Å². The first kappa shape index (κ1) is 21.3. The Morgan fingerprint density at radius 2 is 1.77 bits per heavy atom. The molecule has 1 aliphatic heterocycles. The number of hydrogen-bond acceptors (Lipinski definition) is 3. The standard InChI is InChI=1S/C26H32N4O/c1-3-15-29-16-13-23(14-17-29)27-26(31)24-19-30(18-21-7-5-4-6-8-21)28-25(24)22-11-9-20(2)10-12-22/h4-12,19,23H,3,13-18H2,1-2H3,(H,27,31). The van der Waals surface area contributed by atoms with Gasteiger partial charge in [-0.1, -0.05) is 67.1 Å². The van der Waals surface area contributed by atoms with Crippen molar-refractivity contribution in [1.29, 1.82) is 0 Å². The normalized spacial score (nSPS) is 15.2. The summed E-state index contributed by atoms with van der Waals surface area (Å²) in [5, 5.41) is 8.08. The van der Waals surface area contributed by atoms with Crippen LogP contribution in [0.3, 0.4) is 0 Å². The molecule has 5 nitrogen and oxygen atoms in total. The molecule has 5 heteroatoms. The molecule has 0 spiro atoms. The highest BCUT2D eigenvalue weighted by atomic mass is 16.1. The van der Waals surface area contributed by atoms with Gasteiger partial charge in [0.05, 0.1) is 12.1 Å². The quantitative estimate of drug-likeness (QED) is 0.616. The average molecular weight is 417 g/mol. The van der Waals surface area contributed by atoms with E-state index < -0.39 is 0 Å². The van der Waals surface area contributed by atoms with Crippen molar-refractivity contribution in [3.8, 4) is 11.3 Å². The predicted octanol–water partition coefficient (Wildman–Crippen LogP) is 4.51. The maximum absolute atomic E-state index is 13.3. The molecule has 1 fully saturated rings. The van der Waals surface area contributed by atoms with Gasteiger partial charge >= 0.3 is 0 Å². The van der Waals surface area contributed by atoms with Crippen LogP contribution < -0.4 is 5.32 Å². The number of nitrogens with zero attached hydrogens (tertiary/aromatic N) is 3. The SMILES string of the molecule is CCCN1CCC(NC(=O)c2cn(Cc3ccccc3)nc2-c2ccc(C)cc2)CC1. The molecule has 1 amide bonds. The molecule has 1 saturated heterocycles. The predicted molar refractivity (Wildman–Crippen MR) is 125 cm³/mol. The fourth-order valence-electron chi connectivity index (χ4n) is 4.24. The van der Waals surface area contributed by atoms with Crippen LogP contribution in [0, 0.1) is 6.92 Å². The third kappa shape index (κ3) is 5.42. The van der Waals surface area contributed by atoms with Crippen LogP contribution in [0.4, 0.5) is 0 Å². The van der Waals surface area contributed by atoms with Crippen LogP contribution in [0.5, 0.6) is 0 Å². The smallest absolute Gasteiger partial charge is 0.255 e. The van der Waals surface area contributed by atoms with Crippen molar-refractivity contribution in [2.45, 2.75) is 45.7 Å². The summed E-state index contributed by atoms with van der Waals surface area (Å²) >= 11 is 0. The van der Waals surface area contributed by atoms with Crippen LogP contribution in [0.15, 0.2) is 60.8 Å². The lowest BCUT2D eigenvalue weighted by Gasteiger charge is -2.32. The number of nitrogens with one attached hydrogen (secondary N) is 1. The Labute approximate surface area is 185 Å². The number of benzene rings is 2. The lowest BCUT2D eigenvalue weighted by molar-refractivity contribution is 0.0911. The summed E-state index contributed by atoms with van der Waals surface area (Å²) in [7, 11) is 0. The third-order valence-electron chi connectivity index (χ3n) is 5.98. The van der Waals surface area contributed by atoms with Crippen LogP contribution in [-0.4, -0.2) is 46.3 Å². The van der Waals surface area contributed by atoms with Crippen molar-refractivity contribution in [3.63, 3.8) is 0 Å². The first-order chi connectivity index (χ1) is 15.1. The number of likely N-dealkylation sites (tertiary alicyclic amines) is 1. The van der Waals surface area contributed by atoms with Crippen molar-refractivity contribution in [1.82, 2.24) is 20.0 Å². The minimum atomic E-state index is -0.0242. The Morgan fingerprint density at radius 1 is 1.06 bits per heavy atom. The van der Waals surface area contributed by atoms with Crippen LogP contribution in [0.25, 0.3) is 11.3 Å². The summed E-state index contributed by atoms with van der Waals surface area (Å²) in [6.07, 6.45) is 5.08. The second-order valence-electron chi connectivity index (χ2n) is 8.53. The van der Waals surface area contributed by atoms with Crippen LogP contribution in [0.1, 0.15) is 47.7 Å². The summed E-state index contributed by atoms with van der Waals surface area (Å²) in [6.45, 7) is 8.17. The van der Waals surface area contributed by atoms with Gasteiger partial charge in [0.2, 0.25) is 0 Å².